The Hall–Kier alpha value is -1.32. The number of aryl methyl sites for hydroxylation is 1. The van der Waals surface area contributed by atoms with Crippen molar-refractivity contribution in [2.75, 3.05) is 13.1 Å². The maximum atomic E-state index is 12.5. The summed E-state index contributed by atoms with van der Waals surface area (Å²) in [5.41, 5.74) is 1.74. The van der Waals surface area contributed by atoms with E-state index in [0.717, 1.165) is 30.9 Å². The minimum atomic E-state index is 0.144. The summed E-state index contributed by atoms with van der Waals surface area (Å²) >= 11 is 0. The second kappa shape index (κ2) is 5.12. The lowest BCUT2D eigenvalue weighted by atomic mass is 9.91. The molecule has 2 rings (SSSR count). The first-order valence-electron chi connectivity index (χ1n) is 6.84. The van der Waals surface area contributed by atoms with Crippen molar-refractivity contribution < 1.29 is 4.79 Å². The summed E-state index contributed by atoms with van der Waals surface area (Å²) in [6.45, 7) is 11.0. The molecule has 1 saturated heterocycles. The lowest BCUT2D eigenvalue weighted by Gasteiger charge is -2.34. The van der Waals surface area contributed by atoms with E-state index in [0.29, 0.717) is 11.8 Å². The van der Waals surface area contributed by atoms with Crippen molar-refractivity contribution in [2.24, 2.45) is 11.8 Å². The van der Waals surface area contributed by atoms with Gasteiger partial charge in [0, 0.05) is 25.3 Å². The third-order valence-electron chi connectivity index (χ3n) is 3.79. The van der Waals surface area contributed by atoms with Gasteiger partial charge < -0.3 is 4.90 Å². The molecule has 4 nitrogen and oxygen atoms in total. The molecule has 4 heteroatoms. The molecule has 0 bridgehead atoms. The predicted molar refractivity (Wildman–Crippen MR) is 71.5 cm³/mol. The molecule has 18 heavy (non-hydrogen) atoms. The van der Waals surface area contributed by atoms with E-state index in [1.54, 1.807) is 6.20 Å². The van der Waals surface area contributed by atoms with Crippen LogP contribution < -0.4 is 0 Å². The second-order valence-electron chi connectivity index (χ2n) is 5.62. The highest BCUT2D eigenvalue weighted by Crippen LogP contribution is 2.23. The fraction of sp³-hybridized carbons (Fsp3) is 0.714. The Kier molecular flexibility index (Phi) is 3.73. The summed E-state index contributed by atoms with van der Waals surface area (Å²) in [6, 6.07) is 0. The standard InChI is InChI=1S/C14H23N3O/c1-5-17-12(4)13(7-15-17)14(18)16-8-10(2)6-11(3)9-16/h7,10-11H,5-6,8-9H2,1-4H3. The quantitative estimate of drug-likeness (QED) is 0.807. The van der Waals surface area contributed by atoms with Gasteiger partial charge in [-0.05, 0) is 32.1 Å². The number of hydrogen-bond donors (Lipinski definition) is 0. The van der Waals surface area contributed by atoms with Crippen LogP contribution in [0.5, 0.6) is 0 Å². The van der Waals surface area contributed by atoms with Crippen LogP contribution in [0.2, 0.25) is 0 Å². The Morgan fingerprint density at radius 1 is 1.39 bits per heavy atom. The Morgan fingerprint density at radius 2 is 2.00 bits per heavy atom. The van der Waals surface area contributed by atoms with Gasteiger partial charge in [-0.25, -0.2) is 0 Å². The molecular weight excluding hydrogens is 226 g/mol. The van der Waals surface area contributed by atoms with Gasteiger partial charge in [0.15, 0.2) is 0 Å². The van der Waals surface area contributed by atoms with Gasteiger partial charge >= 0.3 is 0 Å². The predicted octanol–water partition coefficient (Wildman–Crippen LogP) is 2.33. The normalized spacial score (nSPS) is 24.3. The van der Waals surface area contributed by atoms with Gasteiger partial charge in [0.05, 0.1) is 11.8 Å². The van der Waals surface area contributed by atoms with Crippen molar-refractivity contribution in [1.82, 2.24) is 14.7 Å². The van der Waals surface area contributed by atoms with Crippen LogP contribution >= 0.6 is 0 Å². The maximum absolute atomic E-state index is 12.5. The molecule has 100 valence electrons. The van der Waals surface area contributed by atoms with Crippen molar-refractivity contribution in [2.45, 2.75) is 40.7 Å². The van der Waals surface area contributed by atoms with Gasteiger partial charge in [-0.2, -0.15) is 5.10 Å². The van der Waals surface area contributed by atoms with E-state index in [-0.39, 0.29) is 5.91 Å². The summed E-state index contributed by atoms with van der Waals surface area (Å²) in [5, 5.41) is 4.26. The number of rotatable bonds is 2. The van der Waals surface area contributed by atoms with E-state index in [4.69, 9.17) is 0 Å². The van der Waals surface area contributed by atoms with E-state index in [9.17, 15) is 4.79 Å². The van der Waals surface area contributed by atoms with Gasteiger partial charge in [0.1, 0.15) is 0 Å². The van der Waals surface area contributed by atoms with Crippen LogP contribution in [0.1, 0.15) is 43.2 Å². The van der Waals surface area contributed by atoms with Crippen LogP contribution in [0.15, 0.2) is 6.20 Å². The Labute approximate surface area is 109 Å². The first kappa shape index (κ1) is 13.1. The fourth-order valence-corrected chi connectivity index (χ4v) is 2.97. The molecule has 1 fully saturated rings. The molecule has 1 aromatic heterocycles. The van der Waals surface area contributed by atoms with Crippen molar-refractivity contribution in [3.8, 4) is 0 Å². The molecule has 2 unspecified atom stereocenters. The van der Waals surface area contributed by atoms with Crippen LogP contribution in [0.3, 0.4) is 0 Å². The largest absolute Gasteiger partial charge is 0.338 e. The minimum Gasteiger partial charge on any atom is -0.338 e. The highest BCUT2D eigenvalue weighted by molar-refractivity contribution is 5.95. The molecule has 0 radical (unpaired) electrons. The summed E-state index contributed by atoms with van der Waals surface area (Å²) in [5.74, 6) is 1.34. The number of aromatic nitrogens is 2. The average Bonchev–Trinajstić information content (AvgIpc) is 2.68. The number of piperidine rings is 1. The smallest absolute Gasteiger partial charge is 0.257 e. The zero-order chi connectivity index (χ0) is 13.3. The second-order valence-corrected chi connectivity index (χ2v) is 5.62. The number of carbonyl (C=O) groups excluding carboxylic acids is 1. The molecule has 1 aliphatic heterocycles. The van der Waals surface area contributed by atoms with Crippen LogP contribution in [0, 0.1) is 18.8 Å². The van der Waals surface area contributed by atoms with Crippen molar-refractivity contribution in [3.05, 3.63) is 17.5 Å². The molecule has 0 spiro atoms. The molecule has 1 aromatic rings. The van der Waals surface area contributed by atoms with E-state index < -0.39 is 0 Å². The van der Waals surface area contributed by atoms with Crippen LogP contribution in [0.25, 0.3) is 0 Å². The Bertz CT molecular complexity index is 428. The molecule has 0 aliphatic carbocycles. The van der Waals surface area contributed by atoms with Crippen LogP contribution in [-0.2, 0) is 6.54 Å². The third-order valence-corrected chi connectivity index (χ3v) is 3.79. The Balaban J connectivity index is 2.17. The molecule has 1 aliphatic rings. The maximum Gasteiger partial charge on any atom is 0.257 e. The molecule has 1 amide bonds. The summed E-state index contributed by atoms with van der Waals surface area (Å²) < 4.78 is 1.88. The van der Waals surface area contributed by atoms with Crippen molar-refractivity contribution >= 4 is 5.91 Å². The first-order valence-corrected chi connectivity index (χ1v) is 6.84. The molecule has 2 heterocycles. The van der Waals surface area contributed by atoms with Crippen molar-refractivity contribution in [1.29, 1.82) is 0 Å². The molecule has 0 saturated carbocycles. The van der Waals surface area contributed by atoms with E-state index in [2.05, 4.69) is 18.9 Å². The minimum absolute atomic E-state index is 0.144. The number of hydrogen-bond acceptors (Lipinski definition) is 2. The number of likely N-dealkylation sites (tertiary alicyclic amines) is 1. The van der Waals surface area contributed by atoms with E-state index in [1.807, 2.05) is 23.4 Å². The highest BCUT2D eigenvalue weighted by Gasteiger charge is 2.27. The van der Waals surface area contributed by atoms with Gasteiger partial charge in [-0.3, -0.25) is 9.48 Å². The number of amides is 1. The lowest BCUT2D eigenvalue weighted by molar-refractivity contribution is 0.0622. The molecular formula is C14H23N3O. The van der Waals surface area contributed by atoms with Gasteiger partial charge in [0.25, 0.3) is 5.91 Å². The van der Waals surface area contributed by atoms with E-state index in [1.165, 1.54) is 6.42 Å². The summed E-state index contributed by atoms with van der Waals surface area (Å²) in [6.07, 6.45) is 2.93. The highest BCUT2D eigenvalue weighted by atomic mass is 16.2. The average molecular weight is 249 g/mol. The first-order chi connectivity index (χ1) is 8.52. The molecule has 0 aromatic carbocycles. The SMILES string of the molecule is CCn1ncc(C(=O)N2CC(C)CC(C)C2)c1C. The fourth-order valence-electron chi connectivity index (χ4n) is 2.97. The summed E-state index contributed by atoms with van der Waals surface area (Å²) in [7, 11) is 0. The zero-order valence-corrected chi connectivity index (χ0v) is 11.8. The molecule has 2 atom stereocenters. The monoisotopic (exact) mass is 249 g/mol. The van der Waals surface area contributed by atoms with Gasteiger partial charge in [-0.15, -0.1) is 0 Å². The van der Waals surface area contributed by atoms with Gasteiger partial charge in [0.2, 0.25) is 0 Å². The summed E-state index contributed by atoms with van der Waals surface area (Å²) in [4.78, 5) is 14.5. The number of carbonyl (C=O) groups is 1. The topological polar surface area (TPSA) is 38.1 Å². The van der Waals surface area contributed by atoms with Crippen LogP contribution in [-0.4, -0.2) is 33.7 Å². The third kappa shape index (κ3) is 2.42. The lowest BCUT2D eigenvalue weighted by Crippen LogP contribution is -2.42. The van der Waals surface area contributed by atoms with Gasteiger partial charge in [-0.1, -0.05) is 13.8 Å². The van der Waals surface area contributed by atoms with E-state index >= 15 is 0 Å². The molecule has 0 N–H and O–H groups in total. The zero-order valence-electron chi connectivity index (χ0n) is 11.8. The Morgan fingerprint density at radius 3 is 2.50 bits per heavy atom. The number of nitrogens with zero attached hydrogens (tertiary/aromatic N) is 3. The van der Waals surface area contributed by atoms with Crippen molar-refractivity contribution in [3.63, 3.8) is 0 Å². The van der Waals surface area contributed by atoms with Crippen LogP contribution in [0.4, 0.5) is 0 Å².